The van der Waals surface area contributed by atoms with E-state index in [0.717, 1.165) is 91.6 Å². The van der Waals surface area contributed by atoms with E-state index in [9.17, 15) is 4.79 Å². The van der Waals surface area contributed by atoms with E-state index in [4.69, 9.17) is 0 Å². The Labute approximate surface area is 188 Å². The van der Waals surface area contributed by atoms with Gasteiger partial charge in [0.25, 0.3) is 0 Å². The van der Waals surface area contributed by atoms with Crippen LogP contribution in [-0.2, 0) is 17.9 Å². The molecule has 7 heteroatoms. The minimum Gasteiger partial charge on any atom is -0.340 e. The summed E-state index contributed by atoms with van der Waals surface area (Å²) in [5.41, 5.74) is 2.75. The fraction of sp³-hybridized carbons (Fsp3) is 0.708. The Hall–Kier alpha value is -1.51. The molecule has 174 valence electrons. The van der Waals surface area contributed by atoms with Crippen LogP contribution in [0.5, 0.6) is 0 Å². The normalized spacial score (nSPS) is 21.5. The maximum Gasteiger partial charge on any atom is 0.219 e. The Morgan fingerprint density at radius 2 is 1.19 bits per heavy atom. The van der Waals surface area contributed by atoms with Crippen LogP contribution in [0, 0.1) is 0 Å². The predicted molar refractivity (Wildman–Crippen MR) is 127 cm³/mol. The van der Waals surface area contributed by atoms with Crippen molar-refractivity contribution in [2.24, 2.45) is 0 Å². The zero-order valence-corrected chi connectivity index (χ0v) is 19.4. The van der Waals surface area contributed by atoms with E-state index in [0.29, 0.717) is 0 Å². The smallest absolute Gasteiger partial charge is 0.219 e. The van der Waals surface area contributed by atoms with Crippen LogP contribution in [0.1, 0.15) is 30.9 Å². The van der Waals surface area contributed by atoms with Crippen LogP contribution < -0.4 is 16.0 Å². The lowest BCUT2D eigenvalue weighted by molar-refractivity contribution is -0.130. The number of carbonyl (C=O) groups excluding carboxylic acids is 1. The van der Waals surface area contributed by atoms with E-state index in [2.05, 4.69) is 50.0 Å². The molecule has 31 heavy (non-hydrogen) atoms. The van der Waals surface area contributed by atoms with Crippen molar-refractivity contribution in [3.8, 4) is 0 Å². The SMILES string of the molecule is CC(=O)N1CCN(Cc2ccc(CN3CCCNCCNCCCNCC3)cc2)CC1. The molecular weight excluding hydrogens is 388 g/mol. The van der Waals surface area contributed by atoms with Crippen molar-refractivity contribution in [2.75, 3.05) is 78.5 Å². The summed E-state index contributed by atoms with van der Waals surface area (Å²) in [6.07, 6.45) is 2.37. The van der Waals surface area contributed by atoms with Crippen molar-refractivity contribution >= 4 is 5.91 Å². The Bertz CT molecular complexity index is 615. The maximum atomic E-state index is 11.5. The third kappa shape index (κ3) is 9.25. The lowest BCUT2D eigenvalue weighted by Crippen LogP contribution is -2.47. The number of amides is 1. The predicted octanol–water partition coefficient (Wildman–Crippen LogP) is 0.715. The van der Waals surface area contributed by atoms with Gasteiger partial charge in [-0.1, -0.05) is 24.3 Å². The lowest BCUT2D eigenvalue weighted by atomic mass is 10.1. The number of hydrogen-bond donors (Lipinski definition) is 3. The van der Waals surface area contributed by atoms with Crippen LogP contribution in [0.25, 0.3) is 0 Å². The second kappa shape index (κ2) is 13.8. The number of hydrogen-bond acceptors (Lipinski definition) is 6. The molecule has 7 nitrogen and oxygen atoms in total. The zero-order valence-electron chi connectivity index (χ0n) is 19.4. The Morgan fingerprint density at radius 1 is 0.677 bits per heavy atom. The van der Waals surface area contributed by atoms with Crippen molar-refractivity contribution in [1.29, 1.82) is 0 Å². The Morgan fingerprint density at radius 3 is 1.77 bits per heavy atom. The van der Waals surface area contributed by atoms with Gasteiger partial charge in [-0.15, -0.1) is 0 Å². The molecule has 1 amide bonds. The van der Waals surface area contributed by atoms with Crippen molar-refractivity contribution < 1.29 is 4.79 Å². The van der Waals surface area contributed by atoms with Crippen LogP contribution in [0.15, 0.2) is 24.3 Å². The summed E-state index contributed by atoms with van der Waals surface area (Å²) in [5, 5.41) is 10.6. The highest BCUT2D eigenvalue weighted by molar-refractivity contribution is 5.73. The number of benzene rings is 1. The molecule has 0 aromatic heterocycles. The van der Waals surface area contributed by atoms with Gasteiger partial charge >= 0.3 is 0 Å². The molecule has 1 aromatic rings. The molecule has 0 bridgehead atoms. The maximum absolute atomic E-state index is 11.5. The highest BCUT2D eigenvalue weighted by atomic mass is 16.2. The lowest BCUT2D eigenvalue weighted by Gasteiger charge is -2.34. The molecule has 2 saturated heterocycles. The third-order valence-electron chi connectivity index (χ3n) is 6.27. The van der Waals surface area contributed by atoms with E-state index in [1.165, 1.54) is 24.0 Å². The third-order valence-corrected chi connectivity index (χ3v) is 6.27. The van der Waals surface area contributed by atoms with Gasteiger partial charge in [0.15, 0.2) is 0 Å². The van der Waals surface area contributed by atoms with Gasteiger partial charge in [0.1, 0.15) is 0 Å². The first-order valence-corrected chi connectivity index (χ1v) is 12.1. The van der Waals surface area contributed by atoms with Gasteiger partial charge in [0.2, 0.25) is 5.91 Å². The summed E-state index contributed by atoms with van der Waals surface area (Å²) in [4.78, 5) is 18.5. The number of carbonyl (C=O) groups is 1. The molecule has 3 N–H and O–H groups in total. The second-order valence-electron chi connectivity index (χ2n) is 8.83. The van der Waals surface area contributed by atoms with E-state index < -0.39 is 0 Å². The fourth-order valence-electron chi connectivity index (χ4n) is 4.31. The summed E-state index contributed by atoms with van der Waals surface area (Å²) < 4.78 is 0. The molecule has 1 aromatic carbocycles. The molecule has 2 aliphatic rings. The first kappa shape index (κ1) is 24.1. The van der Waals surface area contributed by atoms with Crippen LogP contribution in [0.3, 0.4) is 0 Å². The van der Waals surface area contributed by atoms with Gasteiger partial charge < -0.3 is 20.9 Å². The first-order valence-electron chi connectivity index (χ1n) is 12.1. The Balaban J connectivity index is 1.44. The molecule has 2 heterocycles. The average molecular weight is 431 g/mol. The number of nitrogens with one attached hydrogen (secondary N) is 3. The largest absolute Gasteiger partial charge is 0.340 e. The number of piperazine rings is 1. The summed E-state index contributed by atoms with van der Waals surface area (Å²) >= 11 is 0. The summed E-state index contributed by atoms with van der Waals surface area (Å²) in [7, 11) is 0. The summed E-state index contributed by atoms with van der Waals surface area (Å²) in [6.45, 7) is 15.9. The standard InChI is InChI=1S/C24H42N6O/c1-22(31)30-18-16-29(17-19-30)21-24-6-4-23(5-7-24)20-28-14-3-10-26-12-11-25-8-2-9-27-13-15-28/h4-7,25-27H,2-3,8-21H2,1H3. The zero-order chi connectivity index (χ0) is 21.7. The monoisotopic (exact) mass is 430 g/mol. The molecule has 0 radical (unpaired) electrons. The first-order chi connectivity index (χ1) is 15.2. The van der Waals surface area contributed by atoms with Crippen molar-refractivity contribution in [3.63, 3.8) is 0 Å². The quantitative estimate of drug-likeness (QED) is 0.654. The molecule has 0 saturated carbocycles. The number of nitrogens with zero attached hydrogens (tertiary/aromatic N) is 3. The van der Waals surface area contributed by atoms with E-state index in [-0.39, 0.29) is 5.91 Å². The van der Waals surface area contributed by atoms with Crippen molar-refractivity contribution in [1.82, 2.24) is 30.7 Å². The molecule has 0 spiro atoms. The molecule has 0 aliphatic carbocycles. The number of rotatable bonds is 4. The molecule has 0 atom stereocenters. The van der Waals surface area contributed by atoms with Crippen molar-refractivity contribution in [2.45, 2.75) is 32.9 Å². The van der Waals surface area contributed by atoms with Gasteiger partial charge in [-0.25, -0.2) is 0 Å². The van der Waals surface area contributed by atoms with Crippen LogP contribution in [-0.4, -0.2) is 99.1 Å². The molecular formula is C24H42N6O. The topological polar surface area (TPSA) is 62.9 Å². The fourth-order valence-corrected chi connectivity index (χ4v) is 4.31. The van der Waals surface area contributed by atoms with Gasteiger partial charge in [-0.05, 0) is 50.1 Å². The average Bonchev–Trinajstić information content (AvgIpc) is 2.78. The van der Waals surface area contributed by atoms with Gasteiger partial charge in [-0.2, -0.15) is 0 Å². The summed E-state index contributed by atoms with van der Waals surface area (Å²) in [5.74, 6) is 0.194. The minimum absolute atomic E-state index is 0.194. The van der Waals surface area contributed by atoms with E-state index in [1.807, 2.05) is 4.90 Å². The van der Waals surface area contributed by atoms with Crippen LogP contribution in [0.2, 0.25) is 0 Å². The van der Waals surface area contributed by atoms with Gasteiger partial charge in [0.05, 0.1) is 0 Å². The second-order valence-corrected chi connectivity index (χ2v) is 8.83. The highest BCUT2D eigenvalue weighted by Gasteiger charge is 2.18. The van der Waals surface area contributed by atoms with E-state index >= 15 is 0 Å². The van der Waals surface area contributed by atoms with Crippen molar-refractivity contribution in [3.05, 3.63) is 35.4 Å². The van der Waals surface area contributed by atoms with E-state index in [1.54, 1.807) is 6.92 Å². The molecule has 2 fully saturated rings. The molecule has 0 unspecified atom stereocenters. The highest BCUT2D eigenvalue weighted by Crippen LogP contribution is 2.12. The van der Waals surface area contributed by atoms with Gasteiger partial charge in [-0.3, -0.25) is 14.6 Å². The Kier molecular flexibility index (Phi) is 10.8. The van der Waals surface area contributed by atoms with Crippen LogP contribution >= 0.6 is 0 Å². The molecule has 3 rings (SSSR count). The minimum atomic E-state index is 0.194. The van der Waals surface area contributed by atoms with Gasteiger partial charge in [0, 0.05) is 72.4 Å². The summed E-state index contributed by atoms with van der Waals surface area (Å²) in [6, 6.07) is 9.15. The van der Waals surface area contributed by atoms with Crippen LogP contribution in [0.4, 0.5) is 0 Å². The molecule has 2 aliphatic heterocycles.